The number of ether oxygens (including phenoxy) is 1. The van der Waals surface area contributed by atoms with Crippen molar-refractivity contribution in [2.45, 2.75) is 12.5 Å². The van der Waals surface area contributed by atoms with Crippen LogP contribution < -0.4 is 10.5 Å². The molecule has 1 fully saturated rings. The number of morpholine rings is 1. The lowest BCUT2D eigenvalue weighted by Gasteiger charge is -2.33. The quantitative estimate of drug-likeness (QED) is 0.619. The Labute approximate surface area is 131 Å². The molecule has 2 aromatic heterocycles. The smallest absolute Gasteiger partial charge is 0.259 e. The predicted molar refractivity (Wildman–Crippen MR) is 84.2 cm³/mol. The van der Waals surface area contributed by atoms with Gasteiger partial charge in [0.1, 0.15) is 11.5 Å². The highest BCUT2D eigenvalue weighted by Crippen LogP contribution is 2.16. The molecule has 1 unspecified atom stereocenters. The molecule has 120 valence electrons. The van der Waals surface area contributed by atoms with Crippen molar-refractivity contribution in [1.82, 2.24) is 9.38 Å². The van der Waals surface area contributed by atoms with E-state index in [1.807, 2.05) is 11.0 Å². The van der Waals surface area contributed by atoms with E-state index in [4.69, 9.17) is 4.74 Å². The highest BCUT2D eigenvalue weighted by atomic mass is 16.6. The maximum Gasteiger partial charge on any atom is 0.259 e. The van der Waals surface area contributed by atoms with Gasteiger partial charge in [-0.05, 0) is 24.6 Å². The Balaban J connectivity index is 1.78. The Bertz CT molecular complexity index is 801. The van der Waals surface area contributed by atoms with Crippen LogP contribution in [0.15, 0.2) is 47.5 Å². The van der Waals surface area contributed by atoms with Gasteiger partial charge in [-0.15, -0.1) is 0 Å². The summed E-state index contributed by atoms with van der Waals surface area (Å²) in [5.74, 6) is 0.604. The summed E-state index contributed by atoms with van der Waals surface area (Å²) in [5.41, 5.74) is 0.452. The molecule has 2 aromatic rings. The summed E-state index contributed by atoms with van der Waals surface area (Å²) in [6, 6.07) is 6.89. The van der Waals surface area contributed by atoms with E-state index in [0.717, 1.165) is 6.20 Å². The fourth-order valence-corrected chi connectivity index (χ4v) is 2.57. The van der Waals surface area contributed by atoms with Crippen LogP contribution in [0.4, 0.5) is 5.82 Å². The molecule has 0 amide bonds. The molecular formula is C15H16N4O4. The minimum Gasteiger partial charge on any atom is -0.374 e. The number of fused-ring (bicyclic) bond motifs is 1. The van der Waals surface area contributed by atoms with E-state index in [1.54, 1.807) is 18.3 Å². The topological polar surface area (TPSA) is 90.0 Å². The van der Waals surface area contributed by atoms with Gasteiger partial charge < -0.3 is 9.64 Å². The minimum atomic E-state index is -0.494. The van der Waals surface area contributed by atoms with Crippen LogP contribution in [0.2, 0.25) is 0 Å². The lowest BCUT2D eigenvalue weighted by atomic mass is 10.2. The minimum absolute atomic E-state index is 0.137. The molecule has 0 aliphatic carbocycles. The van der Waals surface area contributed by atoms with E-state index in [-0.39, 0.29) is 11.7 Å². The number of pyridine rings is 1. The van der Waals surface area contributed by atoms with Gasteiger partial charge >= 0.3 is 0 Å². The van der Waals surface area contributed by atoms with Crippen LogP contribution in [0, 0.1) is 10.1 Å². The van der Waals surface area contributed by atoms with Crippen LogP contribution in [-0.2, 0) is 4.74 Å². The lowest BCUT2D eigenvalue weighted by molar-refractivity contribution is -0.402. The van der Waals surface area contributed by atoms with Crippen LogP contribution >= 0.6 is 0 Å². The van der Waals surface area contributed by atoms with Crippen LogP contribution in [0.5, 0.6) is 0 Å². The van der Waals surface area contributed by atoms with Crippen molar-refractivity contribution in [1.29, 1.82) is 0 Å². The molecule has 0 spiro atoms. The van der Waals surface area contributed by atoms with Crippen molar-refractivity contribution in [3.8, 4) is 0 Å². The largest absolute Gasteiger partial charge is 0.374 e. The standard InChI is InChI=1S/C15H16N4O4/c20-15-10-14(16-13-5-1-2-6-18(13)15)17-8-9-23-12(11-17)4-3-7-19(21)22/h1-3,5-7,10,12H,4,8-9,11H2/b7-3+. The van der Waals surface area contributed by atoms with Crippen molar-refractivity contribution in [3.63, 3.8) is 0 Å². The van der Waals surface area contributed by atoms with Crippen molar-refractivity contribution >= 4 is 11.5 Å². The maximum atomic E-state index is 12.1. The molecule has 1 aliphatic rings. The zero-order valence-corrected chi connectivity index (χ0v) is 12.4. The van der Waals surface area contributed by atoms with Gasteiger partial charge in [-0.2, -0.15) is 0 Å². The zero-order valence-electron chi connectivity index (χ0n) is 12.4. The van der Waals surface area contributed by atoms with Crippen LogP contribution in [-0.4, -0.2) is 40.1 Å². The third-order valence-electron chi connectivity index (χ3n) is 3.65. The monoisotopic (exact) mass is 316 g/mol. The molecule has 3 rings (SSSR count). The third kappa shape index (κ3) is 3.54. The first-order chi connectivity index (χ1) is 11.1. The highest BCUT2D eigenvalue weighted by Gasteiger charge is 2.21. The average molecular weight is 316 g/mol. The van der Waals surface area contributed by atoms with Gasteiger partial charge in [-0.3, -0.25) is 19.3 Å². The van der Waals surface area contributed by atoms with Crippen molar-refractivity contribution < 1.29 is 9.66 Å². The summed E-state index contributed by atoms with van der Waals surface area (Å²) < 4.78 is 7.09. The molecule has 8 nitrogen and oxygen atoms in total. The first kappa shape index (κ1) is 15.2. The summed E-state index contributed by atoms with van der Waals surface area (Å²) in [6.07, 6.45) is 4.37. The van der Waals surface area contributed by atoms with Crippen molar-refractivity contribution in [2.24, 2.45) is 0 Å². The highest BCUT2D eigenvalue weighted by molar-refractivity contribution is 5.48. The molecule has 0 bridgehead atoms. The molecular weight excluding hydrogens is 300 g/mol. The van der Waals surface area contributed by atoms with Gasteiger partial charge in [0, 0.05) is 25.4 Å². The Hall–Kier alpha value is -2.74. The Morgan fingerprint density at radius 1 is 1.48 bits per heavy atom. The van der Waals surface area contributed by atoms with Gasteiger partial charge in [-0.1, -0.05) is 6.07 Å². The second kappa shape index (κ2) is 6.57. The summed E-state index contributed by atoms with van der Waals surface area (Å²) in [6.45, 7) is 1.66. The van der Waals surface area contributed by atoms with Crippen LogP contribution in [0.1, 0.15) is 6.42 Å². The SMILES string of the molecule is O=c1cc(N2CCOC(C/C=C/[N+](=O)[O-])C2)nc2ccccn12. The molecule has 23 heavy (non-hydrogen) atoms. The van der Waals surface area contributed by atoms with Crippen molar-refractivity contribution in [3.05, 3.63) is 63.2 Å². The lowest BCUT2D eigenvalue weighted by Crippen LogP contribution is -2.43. The van der Waals surface area contributed by atoms with E-state index in [2.05, 4.69) is 4.98 Å². The molecule has 0 N–H and O–H groups in total. The van der Waals surface area contributed by atoms with Gasteiger partial charge in [0.05, 0.1) is 17.6 Å². The van der Waals surface area contributed by atoms with Gasteiger partial charge in [0.15, 0.2) is 0 Å². The predicted octanol–water partition coefficient (Wildman–Crippen LogP) is 1.08. The van der Waals surface area contributed by atoms with Gasteiger partial charge in [0.2, 0.25) is 6.20 Å². The summed E-state index contributed by atoms with van der Waals surface area (Å²) >= 11 is 0. The van der Waals surface area contributed by atoms with E-state index in [9.17, 15) is 14.9 Å². The Morgan fingerprint density at radius 2 is 2.35 bits per heavy atom. The van der Waals surface area contributed by atoms with Gasteiger partial charge in [0.25, 0.3) is 5.56 Å². The van der Waals surface area contributed by atoms with Gasteiger partial charge in [-0.25, -0.2) is 4.98 Å². The Morgan fingerprint density at radius 3 is 3.17 bits per heavy atom. The molecule has 8 heteroatoms. The number of hydrogen-bond donors (Lipinski definition) is 0. The Kier molecular flexibility index (Phi) is 4.33. The second-order valence-corrected chi connectivity index (χ2v) is 5.23. The van der Waals surface area contributed by atoms with Crippen LogP contribution in [0.3, 0.4) is 0 Å². The molecule has 3 heterocycles. The first-order valence-electron chi connectivity index (χ1n) is 7.28. The van der Waals surface area contributed by atoms with E-state index >= 15 is 0 Å². The molecule has 1 saturated heterocycles. The number of rotatable bonds is 4. The molecule has 0 aromatic carbocycles. The number of hydrogen-bond acceptors (Lipinski definition) is 6. The third-order valence-corrected chi connectivity index (χ3v) is 3.65. The second-order valence-electron chi connectivity index (χ2n) is 5.23. The maximum absolute atomic E-state index is 12.1. The number of anilines is 1. The summed E-state index contributed by atoms with van der Waals surface area (Å²) in [5, 5.41) is 10.3. The normalized spacial score (nSPS) is 18.6. The fraction of sp³-hybridized carbons (Fsp3) is 0.333. The summed E-state index contributed by atoms with van der Waals surface area (Å²) in [4.78, 5) is 28.4. The van der Waals surface area contributed by atoms with E-state index in [1.165, 1.54) is 16.5 Å². The summed E-state index contributed by atoms with van der Waals surface area (Å²) in [7, 11) is 0. The van der Waals surface area contributed by atoms with Crippen LogP contribution in [0.25, 0.3) is 5.65 Å². The number of aromatic nitrogens is 2. The van der Waals surface area contributed by atoms with E-state index in [0.29, 0.717) is 37.6 Å². The average Bonchev–Trinajstić information content (AvgIpc) is 2.55. The first-order valence-corrected chi connectivity index (χ1v) is 7.28. The number of nitrogens with zero attached hydrogens (tertiary/aromatic N) is 4. The molecule has 1 aliphatic heterocycles. The number of nitro groups is 1. The van der Waals surface area contributed by atoms with Crippen molar-refractivity contribution in [2.75, 3.05) is 24.6 Å². The zero-order chi connectivity index (χ0) is 16.2. The fourth-order valence-electron chi connectivity index (χ4n) is 2.57. The molecule has 0 radical (unpaired) electrons. The van der Waals surface area contributed by atoms with E-state index < -0.39 is 4.92 Å². The molecule has 0 saturated carbocycles. The molecule has 1 atom stereocenters.